The number of ether oxygens (including phenoxy) is 1. The summed E-state index contributed by atoms with van der Waals surface area (Å²) >= 11 is 7.03. The molecule has 2 aromatic carbocycles. The molecule has 0 saturated carbocycles. The van der Waals surface area contributed by atoms with Crippen molar-refractivity contribution in [1.82, 2.24) is 24.8 Å². The molecular formula is C47H60ClFN6O3Si. The first kappa shape index (κ1) is 41.7. The Labute approximate surface area is 355 Å². The van der Waals surface area contributed by atoms with Gasteiger partial charge in [-0.05, 0) is 65.6 Å². The number of amides is 1. The molecule has 4 atom stereocenters. The first-order valence-electron chi connectivity index (χ1n) is 22.0. The maximum Gasteiger partial charge on any atom is 0.407 e. The number of piperazine rings is 1. The Balaban J connectivity index is 1.26. The quantitative estimate of drug-likeness (QED) is 0.125. The lowest BCUT2D eigenvalue weighted by atomic mass is 9.86. The molecular weight excluding hydrogens is 779 g/mol. The highest BCUT2D eigenvalue weighted by Gasteiger charge is 2.51. The Morgan fingerprint density at radius 1 is 0.966 bits per heavy atom. The average Bonchev–Trinajstić information content (AvgIpc) is 3.82. The number of hydrogen-bond acceptors (Lipinski definition) is 7. The highest BCUT2D eigenvalue weighted by molar-refractivity contribution is 6.90. The number of halogens is 2. The minimum atomic E-state index is -2.13. The summed E-state index contributed by atoms with van der Waals surface area (Å²) in [4.78, 5) is 33.3. The number of rotatable bonds is 10. The molecule has 0 spiro atoms. The topological polar surface area (TPSA) is 94.9 Å². The molecule has 9 nitrogen and oxygen atoms in total. The van der Waals surface area contributed by atoms with E-state index in [0.717, 1.165) is 62.4 Å². The second kappa shape index (κ2) is 16.1. The van der Waals surface area contributed by atoms with Gasteiger partial charge in [-0.3, -0.25) is 14.8 Å². The van der Waals surface area contributed by atoms with Crippen LogP contribution >= 0.6 is 11.6 Å². The molecule has 2 unspecified atom stereocenters. The first-order valence-corrected chi connectivity index (χ1v) is 24.6. The van der Waals surface area contributed by atoms with E-state index in [4.69, 9.17) is 31.3 Å². The van der Waals surface area contributed by atoms with Gasteiger partial charge in [0.2, 0.25) is 0 Å². The van der Waals surface area contributed by atoms with Crippen LogP contribution in [-0.4, -0.2) is 94.4 Å². The zero-order chi connectivity index (χ0) is 42.0. The van der Waals surface area contributed by atoms with Crippen LogP contribution in [0.25, 0.3) is 32.9 Å². The van der Waals surface area contributed by atoms with Crippen LogP contribution < -0.4 is 9.64 Å². The molecule has 2 bridgehead atoms. The largest absolute Gasteiger partial charge is 0.465 e. The molecule has 12 heteroatoms. The van der Waals surface area contributed by atoms with Crippen molar-refractivity contribution < 1.29 is 19.0 Å². The molecule has 314 valence electrons. The van der Waals surface area contributed by atoms with E-state index in [9.17, 15) is 9.90 Å². The molecule has 4 aliphatic heterocycles. The molecule has 59 heavy (non-hydrogen) atoms. The van der Waals surface area contributed by atoms with E-state index in [1.54, 1.807) is 11.1 Å². The van der Waals surface area contributed by atoms with Crippen LogP contribution in [0.5, 0.6) is 6.01 Å². The van der Waals surface area contributed by atoms with Crippen molar-refractivity contribution >= 4 is 53.3 Å². The summed E-state index contributed by atoms with van der Waals surface area (Å²) in [6.07, 6.45) is 6.70. The molecule has 4 aromatic rings. The summed E-state index contributed by atoms with van der Waals surface area (Å²) < 4.78 is 24.3. The maximum absolute atomic E-state index is 17.6. The number of anilines is 1. The molecule has 4 fully saturated rings. The second-order valence-electron chi connectivity index (χ2n) is 18.8. The van der Waals surface area contributed by atoms with E-state index in [0.29, 0.717) is 75.5 Å². The standard InChI is InChI=1S/C47H60ClFN6O3Si/c1-9-31-20-47(21-32(10-2)24-54(47)23-31)27-58-45-51-43-38(44(52-45)53-25-34-15-16-35(26-53)55(34)46(56)57)22-50-42(41(43)49)37-13-11-12-33-14-17-39(48)36(40(33)37)18-19-59(28(3)4,29(5)6)30(7)8/h11-14,17,22,28-32,34-35H,9-10,15-16,20-21,23-27H2,1-8H3,(H,56,57)/t31?,32?,34-,35+,47?. The van der Waals surface area contributed by atoms with Gasteiger partial charge in [0, 0.05) is 43.3 Å². The summed E-state index contributed by atoms with van der Waals surface area (Å²) in [5, 5.41) is 12.7. The van der Waals surface area contributed by atoms with E-state index in [-0.39, 0.29) is 34.8 Å². The van der Waals surface area contributed by atoms with Crippen LogP contribution in [0.1, 0.15) is 99.5 Å². The zero-order valence-corrected chi connectivity index (χ0v) is 37.7. The van der Waals surface area contributed by atoms with Crippen LogP contribution in [0.3, 0.4) is 0 Å². The molecule has 6 heterocycles. The number of pyridine rings is 1. The van der Waals surface area contributed by atoms with Gasteiger partial charge in [-0.15, -0.1) is 5.54 Å². The van der Waals surface area contributed by atoms with Gasteiger partial charge in [0.15, 0.2) is 5.82 Å². The summed E-state index contributed by atoms with van der Waals surface area (Å²) in [5.74, 6) is 4.78. The molecule has 0 aliphatic carbocycles. The fraction of sp³-hybridized carbons (Fsp3) is 0.574. The van der Waals surface area contributed by atoms with Gasteiger partial charge in [-0.25, -0.2) is 9.18 Å². The van der Waals surface area contributed by atoms with Gasteiger partial charge in [0.1, 0.15) is 31.7 Å². The lowest BCUT2D eigenvalue weighted by Crippen LogP contribution is -2.55. The van der Waals surface area contributed by atoms with Crippen LogP contribution in [0.4, 0.5) is 15.0 Å². The second-order valence-corrected chi connectivity index (χ2v) is 24.8. The fourth-order valence-electron chi connectivity index (χ4n) is 11.8. The maximum atomic E-state index is 17.6. The Hall–Kier alpha value is -3.98. The Morgan fingerprint density at radius 3 is 2.20 bits per heavy atom. The van der Waals surface area contributed by atoms with Crippen molar-refractivity contribution in [2.75, 3.05) is 37.7 Å². The third-order valence-electron chi connectivity index (χ3n) is 14.8. The summed E-state index contributed by atoms with van der Waals surface area (Å²) in [6.45, 7) is 21.7. The van der Waals surface area contributed by atoms with Gasteiger partial charge in [0.25, 0.3) is 0 Å². The zero-order valence-electron chi connectivity index (χ0n) is 36.0. The van der Waals surface area contributed by atoms with Gasteiger partial charge in [0.05, 0.1) is 33.6 Å². The summed E-state index contributed by atoms with van der Waals surface area (Å²) in [5.41, 5.74) is 6.61. The smallest absolute Gasteiger partial charge is 0.407 e. The van der Waals surface area contributed by atoms with Crippen LogP contribution in [0.15, 0.2) is 36.5 Å². The van der Waals surface area contributed by atoms with E-state index in [1.165, 1.54) is 0 Å². The number of benzene rings is 2. The van der Waals surface area contributed by atoms with Gasteiger partial charge < -0.3 is 14.7 Å². The highest BCUT2D eigenvalue weighted by atomic mass is 35.5. The fourth-order valence-corrected chi connectivity index (χ4v) is 17.2. The predicted octanol–water partition coefficient (Wildman–Crippen LogP) is 10.8. The predicted molar refractivity (Wildman–Crippen MR) is 239 cm³/mol. The third kappa shape index (κ3) is 7.15. The SMILES string of the molecule is CCC1CN2CC(CC)CC2(COc2nc(N3C[C@H]4CC[C@@H](C3)N4C(=O)O)c3cnc(-c4cccc5ccc(Cl)c(C#C[Si](C(C)C)(C(C)C)C(C)C)c45)c(F)c3n2)C1. The van der Waals surface area contributed by atoms with Gasteiger partial charge in [-0.1, -0.05) is 110 Å². The van der Waals surface area contributed by atoms with Crippen LogP contribution in [-0.2, 0) is 0 Å². The van der Waals surface area contributed by atoms with E-state index >= 15 is 4.39 Å². The van der Waals surface area contributed by atoms with Crippen molar-refractivity contribution in [3.05, 3.63) is 52.9 Å². The van der Waals surface area contributed by atoms with Crippen molar-refractivity contribution in [2.45, 2.75) is 128 Å². The van der Waals surface area contributed by atoms with Crippen molar-refractivity contribution in [3.63, 3.8) is 0 Å². The number of nitrogens with zero attached hydrogens (tertiary/aromatic N) is 6. The number of carboxylic acid groups (broad SMARTS) is 1. The lowest BCUT2D eigenvalue weighted by Gasteiger charge is -2.40. The Bertz CT molecular complexity index is 2280. The number of fused-ring (bicyclic) bond motifs is 5. The van der Waals surface area contributed by atoms with Crippen molar-refractivity contribution in [3.8, 4) is 28.7 Å². The molecule has 1 N–H and O–H groups in total. The van der Waals surface area contributed by atoms with Crippen molar-refractivity contribution in [2.24, 2.45) is 11.8 Å². The average molecular weight is 840 g/mol. The van der Waals surface area contributed by atoms with Gasteiger partial charge in [-0.2, -0.15) is 9.97 Å². The Morgan fingerprint density at radius 2 is 1.61 bits per heavy atom. The lowest BCUT2D eigenvalue weighted by molar-refractivity contribution is 0.107. The van der Waals surface area contributed by atoms with E-state index in [2.05, 4.69) is 76.7 Å². The number of carbonyl (C=O) groups is 1. The van der Waals surface area contributed by atoms with E-state index in [1.807, 2.05) is 30.3 Å². The number of aromatic nitrogens is 3. The highest BCUT2D eigenvalue weighted by Crippen LogP contribution is 2.47. The first-order chi connectivity index (χ1) is 28.2. The normalized spacial score (nSPS) is 24.5. The third-order valence-corrected chi connectivity index (χ3v) is 21.4. The molecule has 8 rings (SSSR count). The van der Waals surface area contributed by atoms with Crippen molar-refractivity contribution in [1.29, 1.82) is 0 Å². The molecule has 0 radical (unpaired) electrons. The van der Waals surface area contributed by atoms with E-state index < -0.39 is 20.0 Å². The molecule has 4 aliphatic rings. The molecule has 4 saturated heterocycles. The van der Waals surface area contributed by atoms with Crippen LogP contribution in [0.2, 0.25) is 21.6 Å². The molecule has 2 aromatic heterocycles. The minimum absolute atomic E-state index is 0.102. The van der Waals surface area contributed by atoms with Crippen LogP contribution in [0, 0.1) is 29.1 Å². The molecule has 1 amide bonds. The Kier molecular flexibility index (Phi) is 11.4. The minimum Gasteiger partial charge on any atom is -0.465 e. The van der Waals surface area contributed by atoms with Gasteiger partial charge >= 0.3 is 12.1 Å². The summed E-state index contributed by atoms with van der Waals surface area (Å²) in [6, 6.07) is 9.44. The number of hydrogen-bond donors (Lipinski definition) is 1. The monoisotopic (exact) mass is 838 g/mol. The summed E-state index contributed by atoms with van der Waals surface area (Å²) in [7, 11) is -2.13.